The van der Waals surface area contributed by atoms with Crippen LogP contribution < -0.4 is 19.5 Å². The summed E-state index contributed by atoms with van der Waals surface area (Å²) in [4.78, 5) is 14.8. The zero-order valence-electron chi connectivity index (χ0n) is 17.2. The number of carbonyl (C=O) groups excluding carboxylic acids is 1. The Morgan fingerprint density at radius 1 is 1.00 bits per heavy atom. The number of amides is 1. The predicted octanol–water partition coefficient (Wildman–Crippen LogP) is 3.35. The van der Waals surface area contributed by atoms with Crippen LogP contribution in [-0.2, 0) is 6.61 Å². The van der Waals surface area contributed by atoms with Gasteiger partial charge in [-0.2, -0.15) is 0 Å². The smallest absolute Gasteiger partial charge is 0.251 e. The molecule has 0 radical (unpaired) electrons. The van der Waals surface area contributed by atoms with Crippen LogP contribution in [0.5, 0.6) is 17.2 Å². The van der Waals surface area contributed by atoms with Gasteiger partial charge in [0.25, 0.3) is 5.91 Å². The first-order valence-electron chi connectivity index (χ1n) is 9.56. The number of methoxy groups -OCH3 is 2. The van der Waals surface area contributed by atoms with E-state index in [2.05, 4.69) is 24.1 Å². The van der Waals surface area contributed by atoms with Crippen LogP contribution in [0.4, 0.5) is 0 Å². The summed E-state index contributed by atoms with van der Waals surface area (Å²) in [6, 6.07) is 13.2. The molecule has 1 amide bonds. The molecule has 0 aliphatic heterocycles. The van der Waals surface area contributed by atoms with E-state index in [4.69, 9.17) is 14.2 Å². The number of likely N-dealkylation sites (N-methyl/N-ethyl adjacent to an activating group) is 1. The molecule has 0 saturated carbocycles. The van der Waals surface area contributed by atoms with Crippen LogP contribution >= 0.6 is 0 Å². The van der Waals surface area contributed by atoms with E-state index in [9.17, 15) is 4.79 Å². The first-order valence-corrected chi connectivity index (χ1v) is 9.56. The van der Waals surface area contributed by atoms with Crippen LogP contribution in [-0.4, -0.2) is 51.2 Å². The Morgan fingerprint density at radius 3 is 2.14 bits per heavy atom. The van der Waals surface area contributed by atoms with Gasteiger partial charge >= 0.3 is 0 Å². The van der Waals surface area contributed by atoms with Crippen molar-refractivity contribution in [2.45, 2.75) is 20.5 Å². The summed E-state index contributed by atoms with van der Waals surface area (Å²) in [7, 11) is 3.10. The third-order valence-electron chi connectivity index (χ3n) is 4.56. The second-order valence-electron chi connectivity index (χ2n) is 6.27. The van der Waals surface area contributed by atoms with E-state index in [1.54, 1.807) is 26.4 Å². The van der Waals surface area contributed by atoms with Gasteiger partial charge in [-0.05, 0) is 30.8 Å². The number of carbonyl (C=O) groups is 1. The molecule has 0 spiro atoms. The van der Waals surface area contributed by atoms with Gasteiger partial charge in [0.05, 0.1) is 14.2 Å². The van der Waals surface area contributed by atoms with E-state index in [0.29, 0.717) is 36.0 Å². The first-order chi connectivity index (χ1) is 13.6. The quantitative estimate of drug-likeness (QED) is 0.642. The lowest BCUT2D eigenvalue weighted by molar-refractivity contribution is 0.0948. The van der Waals surface area contributed by atoms with E-state index >= 15 is 0 Å². The van der Waals surface area contributed by atoms with E-state index in [0.717, 1.165) is 25.2 Å². The monoisotopic (exact) mass is 386 g/mol. The van der Waals surface area contributed by atoms with Gasteiger partial charge < -0.3 is 24.4 Å². The highest BCUT2D eigenvalue weighted by atomic mass is 16.5. The van der Waals surface area contributed by atoms with Crippen molar-refractivity contribution < 1.29 is 19.0 Å². The van der Waals surface area contributed by atoms with Crippen LogP contribution in [0, 0.1) is 0 Å². The number of hydrogen-bond donors (Lipinski definition) is 1. The molecule has 0 unspecified atom stereocenters. The zero-order valence-corrected chi connectivity index (χ0v) is 17.2. The van der Waals surface area contributed by atoms with Crippen LogP contribution in [0.15, 0.2) is 42.5 Å². The molecule has 6 heteroatoms. The largest absolute Gasteiger partial charge is 0.493 e. The normalized spacial score (nSPS) is 10.6. The lowest BCUT2D eigenvalue weighted by atomic mass is 10.1. The SMILES string of the molecule is CCN(CC)CCNC(=O)c1cc(OC)c(OCc2ccccc2)c(OC)c1. The number of ether oxygens (including phenoxy) is 3. The van der Waals surface area contributed by atoms with E-state index in [1.807, 2.05) is 30.3 Å². The lowest BCUT2D eigenvalue weighted by Gasteiger charge is -2.19. The third kappa shape index (κ3) is 5.89. The van der Waals surface area contributed by atoms with Crippen molar-refractivity contribution in [1.82, 2.24) is 10.2 Å². The standard InChI is InChI=1S/C22H30N2O4/c1-5-24(6-2)13-12-23-22(25)18-14-19(26-3)21(20(15-18)27-4)28-16-17-10-8-7-9-11-17/h7-11,14-15H,5-6,12-13,16H2,1-4H3,(H,23,25). The summed E-state index contributed by atoms with van der Waals surface area (Å²) >= 11 is 0. The third-order valence-corrected chi connectivity index (χ3v) is 4.56. The summed E-state index contributed by atoms with van der Waals surface area (Å²) in [5.41, 5.74) is 1.50. The van der Waals surface area contributed by atoms with Crippen molar-refractivity contribution in [3.05, 3.63) is 53.6 Å². The van der Waals surface area contributed by atoms with Gasteiger partial charge in [0, 0.05) is 18.7 Å². The molecule has 0 aromatic heterocycles. The summed E-state index contributed by atoms with van der Waals surface area (Å²) < 4.78 is 16.8. The molecular formula is C22H30N2O4. The molecule has 0 saturated heterocycles. The minimum atomic E-state index is -0.168. The lowest BCUT2D eigenvalue weighted by Crippen LogP contribution is -2.34. The van der Waals surface area contributed by atoms with Crippen molar-refractivity contribution in [1.29, 1.82) is 0 Å². The van der Waals surface area contributed by atoms with Gasteiger partial charge in [0.15, 0.2) is 11.5 Å². The number of hydrogen-bond acceptors (Lipinski definition) is 5. The van der Waals surface area contributed by atoms with Crippen molar-refractivity contribution in [2.24, 2.45) is 0 Å². The average molecular weight is 386 g/mol. The number of benzene rings is 2. The first kappa shape index (κ1) is 21.6. The topological polar surface area (TPSA) is 60.0 Å². The summed E-state index contributed by atoms with van der Waals surface area (Å²) in [5, 5.41) is 2.95. The number of rotatable bonds is 11. The Balaban J connectivity index is 2.11. The Kier molecular flexibility index (Phi) is 8.62. The summed E-state index contributed by atoms with van der Waals surface area (Å²) in [6.07, 6.45) is 0. The molecule has 2 aromatic carbocycles. The Bertz CT molecular complexity index is 720. The van der Waals surface area contributed by atoms with Crippen molar-refractivity contribution in [3.8, 4) is 17.2 Å². The molecule has 152 valence electrons. The molecule has 0 aliphatic carbocycles. The van der Waals surface area contributed by atoms with E-state index in [-0.39, 0.29) is 5.91 Å². The molecule has 2 aromatic rings. The van der Waals surface area contributed by atoms with Crippen molar-refractivity contribution >= 4 is 5.91 Å². The van der Waals surface area contributed by atoms with Gasteiger partial charge in [0.1, 0.15) is 6.61 Å². The summed E-state index contributed by atoms with van der Waals surface area (Å²) in [5.74, 6) is 1.24. The van der Waals surface area contributed by atoms with Gasteiger partial charge in [-0.25, -0.2) is 0 Å². The number of nitrogens with zero attached hydrogens (tertiary/aromatic N) is 1. The maximum absolute atomic E-state index is 12.5. The fourth-order valence-corrected chi connectivity index (χ4v) is 2.85. The summed E-state index contributed by atoms with van der Waals surface area (Å²) in [6.45, 7) is 7.90. The second-order valence-corrected chi connectivity index (χ2v) is 6.27. The Morgan fingerprint density at radius 2 is 1.61 bits per heavy atom. The van der Waals surface area contributed by atoms with E-state index < -0.39 is 0 Å². The second kappa shape index (κ2) is 11.2. The van der Waals surface area contributed by atoms with Crippen LogP contribution in [0.25, 0.3) is 0 Å². The van der Waals surface area contributed by atoms with Crippen LogP contribution in [0.1, 0.15) is 29.8 Å². The van der Waals surface area contributed by atoms with Gasteiger partial charge in [-0.15, -0.1) is 0 Å². The van der Waals surface area contributed by atoms with E-state index in [1.165, 1.54) is 0 Å². The van der Waals surface area contributed by atoms with Gasteiger partial charge in [0.2, 0.25) is 5.75 Å². The maximum Gasteiger partial charge on any atom is 0.251 e. The molecule has 6 nitrogen and oxygen atoms in total. The average Bonchev–Trinajstić information content (AvgIpc) is 2.75. The fraction of sp³-hybridized carbons (Fsp3) is 0.409. The van der Waals surface area contributed by atoms with Crippen LogP contribution in [0.2, 0.25) is 0 Å². The predicted molar refractivity (Wildman–Crippen MR) is 110 cm³/mol. The molecule has 0 atom stereocenters. The highest BCUT2D eigenvalue weighted by Gasteiger charge is 2.18. The molecule has 1 N–H and O–H groups in total. The minimum Gasteiger partial charge on any atom is -0.493 e. The highest BCUT2D eigenvalue weighted by Crippen LogP contribution is 2.39. The maximum atomic E-state index is 12.5. The highest BCUT2D eigenvalue weighted by molar-refractivity contribution is 5.95. The molecule has 0 heterocycles. The molecule has 2 rings (SSSR count). The van der Waals surface area contributed by atoms with Gasteiger partial charge in [-0.3, -0.25) is 4.79 Å². The number of nitrogens with one attached hydrogen (secondary N) is 1. The molecule has 0 aliphatic rings. The fourth-order valence-electron chi connectivity index (χ4n) is 2.85. The van der Waals surface area contributed by atoms with Crippen molar-refractivity contribution in [2.75, 3.05) is 40.4 Å². The Hall–Kier alpha value is -2.73. The van der Waals surface area contributed by atoms with Crippen LogP contribution in [0.3, 0.4) is 0 Å². The molecule has 28 heavy (non-hydrogen) atoms. The van der Waals surface area contributed by atoms with Gasteiger partial charge in [-0.1, -0.05) is 44.2 Å². The van der Waals surface area contributed by atoms with Crippen molar-refractivity contribution in [3.63, 3.8) is 0 Å². The molecular weight excluding hydrogens is 356 g/mol. The molecule has 0 fully saturated rings. The molecule has 0 bridgehead atoms. The zero-order chi connectivity index (χ0) is 20.4. The Labute approximate surface area is 167 Å². The minimum absolute atomic E-state index is 0.168.